The van der Waals surface area contributed by atoms with Gasteiger partial charge in [-0.05, 0) is 74.4 Å². The lowest BCUT2D eigenvalue weighted by Crippen LogP contribution is -2.52. The highest BCUT2D eigenvalue weighted by Gasteiger charge is 2.40. The van der Waals surface area contributed by atoms with Crippen molar-refractivity contribution in [3.05, 3.63) is 78.1 Å². The molecule has 10 heteroatoms. The van der Waals surface area contributed by atoms with Crippen LogP contribution in [0.5, 0.6) is 0 Å². The van der Waals surface area contributed by atoms with Crippen molar-refractivity contribution in [1.29, 1.82) is 0 Å². The molecule has 1 fully saturated rings. The zero-order valence-electron chi connectivity index (χ0n) is 21.7. The van der Waals surface area contributed by atoms with E-state index in [4.69, 9.17) is 11.6 Å². The van der Waals surface area contributed by atoms with Crippen molar-refractivity contribution in [3.8, 4) is 0 Å². The molecule has 0 bridgehead atoms. The first-order valence-corrected chi connectivity index (χ1v) is 14.5. The van der Waals surface area contributed by atoms with Crippen LogP contribution in [0.4, 0.5) is 0 Å². The second-order valence-corrected chi connectivity index (χ2v) is 11.9. The molecule has 1 N–H and O–H groups in total. The van der Waals surface area contributed by atoms with Gasteiger partial charge < -0.3 is 14.7 Å². The molecule has 2 aliphatic heterocycles. The molecular formula is C28H33ClN4O4S. The highest BCUT2D eigenvalue weighted by atomic mass is 35.5. The first kappa shape index (κ1) is 27.9. The minimum atomic E-state index is -3.95. The summed E-state index contributed by atoms with van der Waals surface area (Å²) in [5.41, 5.74) is 0. The maximum Gasteiger partial charge on any atom is 0.245 e. The number of likely N-dealkylation sites (tertiary alicyclic amines) is 1. The number of sulfonamides is 1. The Bertz CT molecular complexity index is 1390. The van der Waals surface area contributed by atoms with Crippen molar-refractivity contribution < 1.29 is 18.0 Å². The van der Waals surface area contributed by atoms with E-state index < -0.39 is 28.0 Å². The summed E-state index contributed by atoms with van der Waals surface area (Å²) in [4.78, 5) is 32.0. The molecule has 2 aromatic carbocycles. The minimum absolute atomic E-state index is 0.0576. The summed E-state index contributed by atoms with van der Waals surface area (Å²) in [7, 11) is -3.95. The first-order chi connectivity index (χ1) is 18.1. The second-order valence-electron chi connectivity index (χ2n) is 9.75. The van der Waals surface area contributed by atoms with Gasteiger partial charge in [-0.15, -0.1) is 0 Å². The number of carbonyl (C=O) groups is 2. The van der Waals surface area contributed by atoms with Crippen molar-refractivity contribution >= 4 is 44.2 Å². The van der Waals surface area contributed by atoms with Crippen molar-refractivity contribution in [3.63, 3.8) is 0 Å². The van der Waals surface area contributed by atoms with Gasteiger partial charge in [0.25, 0.3) is 0 Å². The van der Waals surface area contributed by atoms with Gasteiger partial charge in [0.05, 0.1) is 4.90 Å². The Morgan fingerprint density at radius 2 is 1.71 bits per heavy atom. The maximum absolute atomic E-state index is 13.4. The zero-order chi connectivity index (χ0) is 27.4. The molecule has 0 spiro atoms. The molecular weight excluding hydrogens is 524 g/mol. The Hall–Kier alpha value is -3.14. The third-order valence-electron chi connectivity index (χ3n) is 6.84. The average molecular weight is 557 g/mol. The molecule has 2 atom stereocenters. The Morgan fingerprint density at radius 3 is 2.39 bits per heavy atom. The van der Waals surface area contributed by atoms with E-state index in [2.05, 4.69) is 4.72 Å². The number of carbonyl (C=O) groups excluding carboxylic acids is 2. The molecule has 2 aliphatic rings. The van der Waals surface area contributed by atoms with Crippen LogP contribution in [0, 0.1) is 0 Å². The molecule has 2 aromatic rings. The van der Waals surface area contributed by atoms with Gasteiger partial charge in [0.2, 0.25) is 21.8 Å². The average Bonchev–Trinajstić information content (AvgIpc) is 3.06. The van der Waals surface area contributed by atoms with Gasteiger partial charge in [-0.25, -0.2) is 8.42 Å². The number of allylic oxidation sites excluding steroid dienone is 4. The van der Waals surface area contributed by atoms with E-state index in [1.54, 1.807) is 42.2 Å². The topological polar surface area (TPSA) is 90.0 Å². The summed E-state index contributed by atoms with van der Waals surface area (Å²) < 4.78 is 28.8. The van der Waals surface area contributed by atoms with Crippen LogP contribution in [0.2, 0.25) is 5.02 Å². The Labute approximate surface area is 229 Å². The number of halogens is 1. The second kappa shape index (κ2) is 11.7. The zero-order valence-corrected chi connectivity index (χ0v) is 23.3. The first-order valence-electron chi connectivity index (χ1n) is 12.7. The lowest BCUT2D eigenvalue weighted by atomic mass is 10.1. The van der Waals surface area contributed by atoms with Gasteiger partial charge in [0.15, 0.2) is 0 Å². The summed E-state index contributed by atoms with van der Waals surface area (Å²) >= 11 is 6.03. The van der Waals surface area contributed by atoms with E-state index in [0.29, 0.717) is 24.7 Å². The van der Waals surface area contributed by atoms with E-state index in [-0.39, 0.29) is 23.3 Å². The van der Waals surface area contributed by atoms with Gasteiger partial charge in [-0.1, -0.05) is 35.9 Å². The number of amides is 2. The van der Waals surface area contributed by atoms with Crippen LogP contribution in [0.15, 0.2) is 78.0 Å². The van der Waals surface area contributed by atoms with Gasteiger partial charge in [-0.2, -0.15) is 4.72 Å². The van der Waals surface area contributed by atoms with E-state index in [0.717, 1.165) is 10.8 Å². The molecule has 0 saturated carbocycles. The Morgan fingerprint density at radius 1 is 1.05 bits per heavy atom. The summed E-state index contributed by atoms with van der Waals surface area (Å²) in [5, 5.41) is 2.11. The van der Waals surface area contributed by atoms with E-state index in [9.17, 15) is 18.0 Å². The van der Waals surface area contributed by atoms with Crippen LogP contribution >= 0.6 is 11.6 Å². The van der Waals surface area contributed by atoms with E-state index >= 15 is 0 Å². The van der Waals surface area contributed by atoms with Crippen molar-refractivity contribution in [2.45, 2.75) is 50.2 Å². The summed E-state index contributed by atoms with van der Waals surface area (Å²) in [6, 6.07) is 8.26. The van der Waals surface area contributed by atoms with E-state index in [1.165, 1.54) is 11.0 Å². The molecule has 2 amide bonds. The van der Waals surface area contributed by atoms with Crippen LogP contribution in [-0.2, 0) is 19.6 Å². The smallest absolute Gasteiger partial charge is 0.245 e. The molecule has 0 aliphatic carbocycles. The van der Waals surface area contributed by atoms with Crippen LogP contribution in [0.25, 0.3) is 10.8 Å². The largest absolute Gasteiger partial charge is 0.352 e. The number of benzene rings is 2. The van der Waals surface area contributed by atoms with E-state index in [1.807, 2.05) is 55.5 Å². The maximum atomic E-state index is 13.4. The highest BCUT2D eigenvalue weighted by Crippen LogP contribution is 2.24. The number of fused-ring (bicyclic) bond motifs is 1. The minimum Gasteiger partial charge on any atom is -0.352 e. The Kier molecular flexibility index (Phi) is 8.60. The monoisotopic (exact) mass is 556 g/mol. The normalized spacial score (nSPS) is 18.4. The van der Waals surface area contributed by atoms with Gasteiger partial charge in [-0.3, -0.25) is 9.59 Å². The molecule has 0 aromatic heterocycles. The molecule has 1 saturated heterocycles. The van der Waals surface area contributed by atoms with Crippen LogP contribution in [-0.4, -0.2) is 72.7 Å². The van der Waals surface area contributed by atoms with Crippen LogP contribution in [0.3, 0.4) is 0 Å². The quantitative estimate of drug-likeness (QED) is 0.506. The fraction of sp³-hybridized carbons (Fsp3) is 0.357. The fourth-order valence-corrected chi connectivity index (χ4v) is 6.12. The molecule has 8 nitrogen and oxygen atoms in total. The SMILES string of the molecule is CC(C)N(CCN1C=CC=CC=C1)C(=O)[C@H](C)N1CC[C@H](NS(=O)(=O)c2ccc3cc(Cl)ccc3c2)C1=O. The number of hydrogen-bond donors (Lipinski definition) is 1. The predicted molar refractivity (Wildman–Crippen MR) is 150 cm³/mol. The molecule has 0 unspecified atom stereocenters. The van der Waals surface area contributed by atoms with Gasteiger partial charge in [0.1, 0.15) is 12.1 Å². The molecule has 4 rings (SSSR count). The van der Waals surface area contributed by atoms with Gasteiger partial charge >= 0.3 is 0 Å². The summed E-state index contributed by atoms with van der Waals surface area (Å²) in [6.07, 6.45) is 11.9. The Balaban J connectivity index is 1.41. The number of hydrogen-bond acceptors (Lipinski definition) is 5. The number of nitrogens with one attached hydrogen (secondary N) is 1. The molecule has 202 valence electrons. The molecule has 0 radical (unpaired) electrons. The van der Waals surface area contributed by atoms with Crippen molar-refractivity contribution in [1.82, 2.24) is 19.4 Å². The predicted octanol–water partition coefficient (Wildman–Crippen LogP) is 3.90. The highest BCUT2D eigenvalue weighted by molar-refractivity contribution is 7.89. The lowest BCUT2D eigenvalue weighted by molar-refractivity contribution is -0.144. The summed E-state index contributed by atoms with van der Waals surface area (Å²) in [5.74, 6) is -0.555. The molecule has 38 heavy (non-hydrogen) atoms. The van der Waals surface area contributed by atoms with Crippen molar-refractivity contribution in [2.24, 2.45) is 0 Å². The summed E-state index contributed by atoms with van der Waals surface area (Å²) in [6.45, 7) is 6.99. The van der Waals surface area contributed by atoms with Gasteiger partial charge in [0, 0.05) is 43.1 Å². The number of rotatable bonds is 9. The fourth-order valence-electron chi connectivity index (χ4n) is 4.68. The van der Waals surface area contributed by atoms with Crippen LogP contribution < -0.4 is 4.72 Å². The third kappa shape index (κ3) is 6.28. The lowest BCUT2D eigenvalue weighted by Gasteiger charge is -2.34. The van der Waals surface area contributed by atoms with Crippen LogP contribution in [0.1, 0.15) is 27.2 Å². The standard InChI is InChI=1S/C28H33ClN4O4S/c1-20(2)32(17-16-31-13-6-4-5-7-14-31)27(34)21(3)33-15-12-26(28(33)35)30-38(36,37)25-11-9-22-18-24(29)10-8-23(22)19-25/h4-11,13-14,18-21,26,30H,12,15-17H2,1-3H3/t21-,26-/m0/s1. The number of nitrogens with zero attached hydrogens (tertiary/aromatic N) is 3. The third-order valence-corrected chi connectivity index (χ3v) is 8.54. The molecule has 2 heterocycles. The van der Waals surface area contributed by atoms with Crippen molar-refractivity contribution in [2.75, 3.05) is 19.6 Å².